The number of fused-ring (bicyclic) bond motifs is 1. The molecule has 0 saturated carbocycles. The van der Waals surface area contributed by atoms with Crippen molar-refractivity contribution < 1.29 is 13.6 Å². The van der Waals surface area contributed by atoms with Crippen LogP contribution in [0.25, 0.3) is 10.2 Å². The Morgan fingerprint density at radius 2 is 1.89 bits per heavy atom. The van der Waals surface area contributed by atoms with Gasteiger partial charge in [-0.2, -0.15) is 0 Å². The fourth-order valence-corrected chi connectivity index (χ4v) is 3.85. The summed E-state index contributed by atoms with van der Waals surface area (Å²) in [5.41, 5.74) is 1.61. The van der Waals surface area contributed by atoms with Gasteiger partial charge in [-0.3, -0.25) is 9.69 Å². The molecule has 3 aromatic rings. The average molecular weight is 426 g/mol. The molecule has 28 heavy (non-hydrogen) atoms. The first-order chi connectivity index (χ1) is 12.8. The van der Waals surface area contributed by atoms with Crippen LogP contribution in [0, 0.1) is 18.6 Å². The second-order valence-electron chi connectivity index (χ2n) is 6.71. The molecule has 0 spiro atoms. The summed E-state index contributed by atoms with van der Waals surface area (Å²) < 4.78 is 28.0. The van der Waals surface area contributed by atoms with Crippen molar-refractivity contribution in [2.45, 2.75) is 13.3 Å². The summed E-state index contributed by atoms with van der Waals surface area (Å²) in [5.74, 6) is -1.57. The lowest BCUT2D eigenvalue weighted by molar-refractivity contribution is 0.0986. The molecule has 1 aromatic heterocycles. The number of halogens is 3. The first kappa shape index (κ1) is 22.2. The quantitative estimate of drug-likeness (QED) is 0.563. The van der Waals surface area contributed by atoms with Gasteiger partial charge in [0, 0.05) is 18.2 Å². The van der Waals surface area contributed by atoms with E-state index in [0.717, 1.165) is 35.9 Å². The van der Waals surface area contributed by atoms with Gasteiger partial charge in [-0.15, -0.1) is 12.4 Å². The highest BCUT2D eigenvalue weighted by atomic mass is 35.5. The number of nitrogens with zero attached hydrogens (tertiary/aromatic N) is 3. The lowest BCUT2D eigenvalue weighted by atomic mass is 10.1. The van der Waals surface area contributed by atoms with E-state index in [2.05, 4.69) is 4.98 Å². The van der Waals surface area contributed by atoms with Crippen molar-refractivity contribution in [3.63, 3.8) is 0 Å². The number of carbonyl (C=O) groups is 1. The van der Waals surface area contributed by atoms with E-state index in [-0.39, 0.29) is 23.8 Å². The van der Waals surface area contributed by atoms with Crippen molar-refractivity contribution in [3.05, 3.63) is 59.2 Å². The molecule has 150 valence electrons. The fourth-order valence-electron chi connectivity index (χ4n) is 2.82. The van der Waals surface area contributed by atoms with Crippen LogP contribution in [0.15, 0.2) is 36.4 Å². The van der Waals surface area contributed by atoms with E-state index in [1.165, 1.54) is 6.07 Å². The van der Waals surface area contributed by atoms with E-state index in [0.29, 0.717) is 21.9 Å². The molecule has 0 aliphatic heterocycles. The molecule has 8 heteroatoms. The molecule has 0 N–H and O–H groups in total. The molecule has 4 nitrogen and oxygen atoms in total. The summed E-state index contributed by atoms with van der Waals surface area (Å²) in [5, 5.41) is 0.375. The largest absolute Gasteiger partial charge is 0.309 e. The highest BCUT2D eigenvalue weighted by Gasteiger charge is 2.22. The Labute approximate surface area is 173 Å². The predicted octanol–water partition coefficient (Wildman–Crippen LogP) is 4.90. The van der Waals surface area contributed by atoms with Crippen molar-refractivity contribution in [2.24, 2.45) is 0 Å². The topological polar surface area (TPSA) is 36.4 Å². The summed E-state index contributed by atoms with van der Waals surface area (Å²) in [7, 11) is 3.92. The molecule has 1 amide bonds. The van der Waals surface area contributed by atoms with Crippen LogP contribution in [-0.4, -0.2) is 43.0 Å². The van der Waals surface area contributed by atoms with Crippen LogP contribution < -0.4 is 4.90 Å². The molecule has 0 saturated heterocycles. The Morgan fingerprint density at radius 3 is 2.57 bits per heavy atom. The van der Waals surface area contributed by atoms with Gasteiger partial charge in [-0.25, -0.2) is 13.8 Å². The summed E-state index contributed by atoms with van der Waals surface area (Å²) in [4.78, 5) is 21.0. The van der Waals surface area contributed by atoms with Gasteiger partial charge in [-0.05, 0) is 52.2 Å². The minimum Gasteiger partial charge on any atom is -0.309 e. The molecule has 0 radical (unpaired) electrons. The molecule has 3 rings (SSSR count). The molecule has 0 bridgehead atoms. The predicted molar refractivity (Wildman–Crippen MR) is 113 cm³/mol. The number of amides is 1. The van der Waals surface area contributed by atoms with Crippen molar-refractivity contribution >= 4 is 45.0 Å². The maximum Gasteiger partial charge on any atom is 0.260 e. The highest BCUT2D eigenvalue weighted by Crippen LogP contribution is 2.32. The van der Waals surface area contributed by atoms with Gasteiger partial charge in [0.25, 0.3) is 5.91 Å². The highest BCUT2D eigenvalue weighted by molar-refractivity contribution is 7.22. The number of aromatic nitrogens is 1. The van der Waals surface area contributed by atoms with Crippen molar-refractivity contribution in [2.75, 3.05) is 32.1 Å². The van der Waals surface area contributed by atoms with Crippen LogP contribution in [-0.2, 0) is 0 Å². The summed E-state index contributed by atoms with van der Waals surface area (Å²) in [6, 6.07) is 9.37. The van der Waals surface area contributed by atoms with E-state index >= 15 is 0 Å². The normalized spacial score (nSPS) is 10.9. The number of rotatable bonds is 6. The average Bonchev–Trinajstić information content (AvgIpc) is 3.02. The molecule has 0 aliphatic carbocycles. The first-order valence-electron chi connectivity index (χ1n) is 8.64. The number of benzene rings is 2. The lowest BCUT2D eigenvalue weighted by Crippen LogP contribution is -2.33. The summed E-state index contributed by atoms with van der Waals surface area (Å²) in [6.45, 7) is 3.16. The molecule has 0 fully saturated rings. The van der Waals surface area contributed by atoms with E-state index in [9.17, 15) is 13.6 Å². The van der Waals surface area contributed by atoms with Crippen molar-refractivity contribution in [1.82, 2.24) is 9.88 Å². The third-order valence-corrected chi connectivity index (χ3v) is 5.16. The van der Waals surface area contributed by atoms with Crippen molar-refractivity contribution in [3.8, 4) is 0 Å². The fraction of sp³-hybridized carbons (Fsp3) is 0.300. The van der Waals surface area contributed by atoms with E-state index in [1.54, 1.807) is 11.0 Å². The van der Waals surface area contributed by atoms with Crippen molar-refractivity contribution in [1.29, 1.82) is 0 Å². The molecule has 2 aromatic carbocycles. The summed E-state index contributed by atoms with van der Waals surface area (Å²) >= 11 is 1.12. The Hall–Kier alpha value is -2.09. The SMILES string of the molecule is Cc1cccc(C(=O)N(CCCN(C)C)c2nc3c(F)cc(F)cc3s2)c1.Cl. The maximum absolute atomic E-state index is 14.1. The number of hydrogen-bond acceptors (Lipinski definition) is 4. The Morgan fingerprint density at radius 1 is 1.14 bits per heavy atom. The van der Waals surface area contributed by atoms with Gasteiger partial charge in [-0.1, -0.05) is 29.0 Å². The minimum absolute atomic E-state index is 0. The van der Waals surface area contributed by atoms with Crippen LogP contribution in [0.4, 0.5) is 13.9 Å². The van der Waals surface area contributed by atoms with Gasteiger partial charge in [0.15, 0.2) is 10.9 Å². The Kier molecular flexibility index (Phi) is 7.46. The van der Waals surface area contributed by atoms with Gasteiger partial charge < -0.3 is 4.90 Å². The van der Waals surface area contributed by atoms with E-state index in [1.807, 2.05) is 44.1 Å². The molecule has 0 atom stereocenters. The van der Waals surface area contributed by atoms with E-state index < -0.39 is 11.6 Å². The third-order valence-electron chi connectivity index (χ3n) is 4.13. The van der Waals surface area contributed by atoms with Crippen LogP contribution >= 0.6 is 23.7 Å². The standard InChI is InChI=1S/C20H21F2N3OS.ClH/c1-13-6-4-7-14(10-13)19(26)25(9-5-8-24(2)3)20-23-18-16(22)11-15(21)12-17(18)27-20;/h4,6-7,10-12H,5,8-9H2,1-3H3;1H. The van der Waals surface area contributed by atoms with Gasteiger partial charge in [0.1, 0.15) is 11.3 Å². The Bertz CT molecular complexity index is 977. The number of thiazole rings is 1. The molecule has 0 unspecified atom stereocenters. The number of aryl methyl sites for hydroxylation is 1. The summed E-state index contributed by atoms with van der Waals surface area (Å²) in [6.07, 6.45) is 0.733. The molecular weight excluding hydrogens is 404 g/mol. The van der Waals surface area contributed by atoms with Gasteiger partial charge in [0.2, 0.25) is 0 Å². The van der Waals surface area contributed by atoms with Crippen LogP contribution in [0.5, 0.6) is 0 Å². The van der Waals surface area contributed by atoms with Gasteiger partial charge in [0.05, 0.1) is 4.70 Å². The zero-order chi connectivity index (χ0) is 19.6. The second kappa shape index (κ2) is 9.41. The zero-order valence-corrected chi connectivity index (χ0v) is 17.5. The molecule has 1 heterocycles. The number of hydrogen-bond donors (Lipinski definition) is 0. The second-order valence-corrected chi connectivity index (χ2v) is 7.72. The van der Waals surface area contributed by atoms with Crippen LogP contribution in [0.1, 0.15) is 22.3 Å². The maximum atomic E-state index is 14.1. The van der Waals surface area contributed by atoms with E-state index in [4.69, 9.17) is 0 Å². The third kappa shape index (κ3) is 5.04. The lowest BCUT2D eigenvalue weighted by Gasteiger charge is -2.21. The van der Waals surface area contributed by atoms with Crippen LogP contribution in [0.2, 0.25) is 0 Å². The molecular formula is C20H22ClF2N3OS. The Balaban J connectivity index is 0.00000280. The van der Waals surface area contributed by atoms with Crippen LogP contribution in [0.3, 0.4) is 0 Å². The first-order valence-corrected chi connectivity index (χ1v) is 9.45. The number of anilines is 1. The smallest absolute Gasteiger partial charge is 0.260 e. The zero-order valence-electron chi connectivity index (χ0n) is 15.9. The minimum atomic E-state index is -0.719. The number of carbonyl (C=O) groups excluding carboxylic acids is 1. The van der Waals surface area contributed by atoms with Gasteiger partial charge >= 0.3 is 0 Å². The molecule has 0 aliphatic rings. The monoisotopic (exact) mass is 425 g/mol.